The van der Waals surface area contributed by atoms with Gasteiger partial charge in [-0.15, -0.1) is 10.2 Å². The van der Waals surface area contributed by atoms with Gasteiger partial charge in [0.15, 0.2) is 5.82 Å². The second kappa shape index (κ2) is 5.26. The lowest BCUT2D eigenvalue weighted by Crippen LogP contribution is -2.48. The summed E-state index contributed by atoms with van der Waals surface area (Å²) < 4.78 is 5.11. The van der Waals surface area contributed by atoms with Gasteiger partial charge in [-0.05, 0) is 19.3 Å². The number of nitrogens with zero attached hydrogens (tertiary/aromatic N) is 5. The molecular formula is C14H18N6O2S. The van der Waals surface area contributed by atoms with Crippen LogP contribution in [0, 0.1) is 6.92 Å². The third-order valence-electron chi connectivity index (χ3n) is 4.27. The minimum Gasteiger partial charge on any atom is -0.344 e. The Balaban J connectivity index is 1.59. The first-order chi connectivity index (χ1) is 11.1. The van der Waals surface area contributed by atoms with E-state index in [1.165, 1.54) is 19.8 Å². The van der Waals surface area contributed by atoms with Gasteiger partial charge in [0.2, 0.25) is 16.9 Å². The maximum absolute atomic E-state index is 11.7. The molecule has 1 aliphatic heterocycles. The number of hydrogen-bond donors (Lipinski definition) is 1. The Kier molecular flexibility index (Phi) is 3.33. The van der Waals surface area contributed by atoms with Crippen LogP contribution in [0.15, 0.2) is 4.52 Å². The molecule has 3 heterocycles. The summed E-state index contributed by atoms with van der Waals surface area (Å²) in [5.41, 5.74) is -0.630. The fraction of sp³-hybridized carbons (Fsp3) is 0.643. The van der Waals surface area contributed by atoms with Crippen molar-refractivity contribution in [3.05, 3.63) is 16.7 Å². The molecule has 1 saturated carbocycles. The molecule has 2 aromatic heterocycles. The quantitative estimate of drug-likeness (QED) is 0.901. The molecule has 8 nitrogen and oxygen atoms in total. The predicted octanol–water partition coefficient (Wildman–Crippen LogP) is 1.35. The van der Waals surface area contributed by atoms with Crippen molar-refractivity contribution in [2.45, 2.75) is 44.6 Å². The molecule has 1 aliphatic carbocycles. The molecule has 4 rings (SSSR count). The van der Waals surface area contributed by atoms with Gasteiger partial charge >= 0.3 is 0 Å². The van der Waals surface area contributed by atoms with Crippen molar-refractivity contribution in [2.24, 2.45) is 0 Å². The highest BCUT2D eigenvalue weighted by atomic mass is 32.1. The fourth-order valence-corrected chi connectivity index (χ4v) is 4.03. The zero-order valence-electron chi connectivity index (χ0n) is 13.1. The van der Waals surface area contributed by atoms with E-state index in [1.54, 1.807) is 18.3 Å². The number of hydrogen-bond acceptors (Lipinski definition) is 8. The maximum Gasteiger partial charge on any atom is 0.223 e. The van der Waals surface area contributed by atoms with Crippen LogP contribution in [-0.4, -0.2) is 39.3 Å². The first-order valence-corrected chi connectivity index (χ1v) is 8.55. The lowest BCUT2D eigenvalue weighted by molar-refractivity contribution is -0.120. The van der Waals surface area contributed by atoms with Gasteiger partial charge in [-0.3, -0.25) is 4.79 Å². The molecule has 2 fully saturated rings. The summed E-state index contributed by atoms with van der Waals surface area (Å²) in [6, 6.07) is 0. The molecule has 0 spiro atoms. The zero-order valence-corrected chi connectivity index (χ0v) is 13.9. The topological polar surface area (TPSA) is 97.0 Å². The van der Waals surface area contributed by atoms with Crippen LogP contribution in [0.1, 0.15) is 48.8 Å². The van der Waals surface area contributed by atoms with Gasteiger partial charge in [0.1, 0.15) is 10.5 Å². The van der Waals surface area contributed by atoms with Crippen molar-refractivity contribution in [3.8, 4) is 0 Å². The smallest absolute Gasteiger partial charge is 0.223 e. The molecule has 0 radical (unpaired) electrons. The summed E-state index contributed by atoms with van der Waals surface area (Å²) in [7, 11) is 0. The average molecular weight is 334 g/mol. The largest absolute Gasteiger partial charge is 0.344 e. The number of carbonyl (C=O) groups is 1. The van der Waals surface area contributed by atoms with Gasteiger partial charge < -0.3 is 14.7 Å². The van der Waals surface area contributed by atoms with Crippen LogP contribution >= 0.6 is 11.3 Å². The fourth-order valence-electron chi connectivity index (χ4n) is 2.99. The molecule has 1 N–H and O–H groups in total. The summed E-state index contributed by atoms with van der Waals surface area (Å²) >= 11 is 1.65. The summed E-state index contributed by atoms with van der Waals surface area (Å²) in [6.45, 7) is 4.60. The molecule has 122 valence electrons. The van der Waals surface area contributed by atoms with Gasteiger partial charge in [0.25, 0.3) is 0 Å². The van der Waals surface area contributed by atoms with Crippen LogP contribution in [0.3, 0.4) is 0 Å². The summed E-state index contributed by atoms with van der Waals surface area (Å²) in [6.07, 6.45) is 3.14. The SMILES string of the molecule is CC(=O)NC1(c2noc(C)n2)CCN(c2nnc(C3CC3)s2)C1. The van der Waals surface area contributed by atoms with E-state index in [-0.39, 0.29) is 5.91 Å². The Hall–Kier alpha value is -2.03. The van der Waals surface area contributed by atoms with Crippen molar-refractivity contribution >= 4 is 22.4 Å². The van der Waals surface area contributed by atoms with E-state index in [0.29, 0.717) is 30.6 Å². The average Bonchev–Trinajstić information content (AvgIpc) is 2.91. The van der Waals surface area contributed by atoms with Crippen LogP contribution in [0.4, 0.5) is 5.13 Å². The summed E-state index contributed by atoms with van der Waals surface area (Å²) in [4.78, 5) is 18.2. The Morgan fingerprint density at radius 3 is 2.91 bits per heavy atom. The monoisotopic (exact) mass is 334 g/mol. The predicted molar refractivity (Wildman–Crippen MR) is 83.2 cm³/mol. The van der Waals surface area contributed by atoms with Gasteiger partial charge in [-0.2, -0.15) is 4.98 Å². The minimum atomic E-state index is -0.630. The molecule has 0 aromatic carbocycles. The lowest BCUT2D eigenvalue weighted by Gasteiger charge is -2.26. The number of anilines is 1. The van der Waals surface area contributed by atoms with Crippen LogP contribution in [-0.2, 0) is 10.3 Å². The molecule has 2 aromatic rings. The number of amides is 1. The first-order valence-electron chi connectivity index (χ1n) is 7.74. The number of carbonyl (C=O) groups excluding carboxylic acids is 1. The van der Waals surface area contributed by atoms with Crippen LogP contribution in [0.25, 0.3) is 0 Å². The first kappa shape index (κ1) is 14.6. The lowest BCUT2D eigenvalue weighted by atomic mass is 9.97. The number of aryl methyl sites for hydroxylation is 1. The van der Waals surface area contributed by atoms with E-state index in [4.69, 9.17) is 4.52 Å². The maximum atomic E-state index is 11.7. The highest BCUT2D eigenvalue weighted by Crippen LogP contribution is 2.43. The highest BCUT2D eigenvalue weighted by molar-refractivity contribution is 7.15. The molecule has 1 saturated heterocycles. The molecule has 23 heavy (non-hydrogen) atoms. The van der Waals surface area contributed by atoms with Gasteiger partial charge in [-0.25, -0.2) is 0 Å². The molecule has 9 heteroatoms. The van der Waals surface area contributed by atoms with E-state index in [9.17, 15) is 4.79 Å². The standard InChI is InChI=1S/C14H18N6O2S/c1-8(21)16-14(12-15-9(2)22-19-12)5-6-20(7-14)13-18-17-11(23-13)10-3-4-10/h10H,3-7H2,1-2H3,(H,16,21). The Bertz CT molecular complexity index is 739. The number of rotatable bonds is 4. The van der Waals surface area contributed by atoms with Crippen molar-refractivity contribution in [1.82, 2.24) is 25.7 Å². The molecule has 1 unspecified atom stereocenters. The number of aromatic nitrogens is 4. The van der Waals surface area contributed by atoms with Gasteiger partial charge in [0.05, 0.1) is 6.54 Å². The van der Waals surface area contributed by atoms with E-state index in [1.807, 2.05) is 0 Å². The van der Waals surface area contributed by atoms with Crippen LogP contribution in [0.2, 0.25) is 0 Å². The Labute approximate surface area is 137 Å². The molecule has 1 amide bonds. The third kappa shape index (κ3) is 2.69. The van der Waals surface area contributed by atoms with Crippen molar-refractivity contribution in [2.75, 3.05) is 18.0 Å². The normalized spacial score (nSPS) is 24.2. The molecular weight excluding hydrogens is 316 g/mol. The molecule has 0 bridgehead atoms. The highest BCUT2D eigenvalue weighted by Gasteiger charge is 2.45. The van der Waals surface area contributed by atoms with E-state index >= 15 is 0 Å². The van der Waals surface area contributed by atoms with Gasteiger partial charge in [-0.1, -0.05) is 16.5 Å². The second-order valence-electron chi connectivity index (χ2n) is 6.27. The summed E-state index contributed by atoms with van der Waals surface area (Å²) in [5.74, 6) is 1.52. The van der Waals surface area contributed by atoms with E-state index in [2.05, 4.69) is 30.6 Å². The second-order valence-corrected chi connectivity index (χ2v) is 7.26. The Morgan fingerprint density at radius 2 is 2.26 bits per heavy atom. The van der Waals surface area contributed by atoms with Gasteiger partial charge in [0, 0.05) is 26.3 Å². The van der Waals surface area contributed by atoms with E-state index < -0.39 is 5.54 Å². The minimum absolute atomic E-state index is 0.106. The van der Waals surface area contributed by atoms with Crippen LogP contribution in [0.5, 0.6) is 0 Å². The van der Waals surface area contributed by atoms with Crippen molar-refractivity contribution < 1.29 is 9.32 Å². The summed E-state index contributed by atoms with van der Waals surface area (Å²) in [5, 5.41) is 17.7. The Morgan fingerprint density at radius 1 is 1.43 bits per heavy atom. The molecule has 1 atom stereocenters. The van der Waals surface area contributed by atoms with Crippen molar-refractivity contribution in [3.63, 3.8) is 0 Å². The number of nitrogens with one attached hydrogen (secondary N) is 1. The van der Waals surface area contributed by atoms with E-state index in [0.717, 1.165) is 16.7 Å². The third-order valence-corrected chi connectivity index (χ3v) is 5.41. The van der Waals surface area contributed by atoms with Crippen LogP contribution < -0.4 is 10.2 Å². The zero-order chi connectivity index (χ0) is 16.0. The molecule has 2 aliphatic rings. The van der Waals surface area contributed by atoms with Crippen molar-refractivity contribution in [1.29, 1.82) is 0 Å².